The lowest BCUT2D eigenvalue weighted by Gasteiger charge is -2.22. The number of hydrogen-bond donors (Lipinski definition) is 1. The zero-order valence-corrected chi connectivity index (χ0v) is 15.4. The summed E-state index contributed by atoms with van der Waals surface area (Å²) in [4.78, 5) is 16.7. The van der Waals surface area contributed by atoms with Gasteiger partial charge in [-0.15, -0.1) is 0 Å². The number of benzene rings is 1. The van der Waals surface area contributed by atoms with E-state index in [1.807, 2.05) is 31.7 Å². The fourth-order valence-corrected chi connectivity index (χ4v) is 2.57. The molecule has 0 aliphatic carbocycles. The summed E-state index contributed by atoms with van der Waals surface area (Å²) in [6, 6.07) is 8.12. The molecule has 0 bridgehead atoms. The van der Waals surface area contributed by atoms with E-state index < -0.39 is 0 Å². The summed E-state index contributed by atoms with van der Waals surface area (Å²) < 4.78 is 1.94. The number of carbonyl (C=O) groups is 1. The Bertz CT molecular complexity index is 729. The van der Waals surface area contributed by atoms with Crippen LogP contribution in [0.1, 0.15) is 57.6 Å². The van der Waals surface area contributed by atoms with Gasteiger partial charge in [-0.05, 0) is 30.4 Å². The van der Waals surface area contributed by atoms with E-state index in [0.29, 0.717) is 0 Å². The first-order valence-corrected chi connectivity index (χ1v) is 8.21. The molecule has 1 amide bonds. The van der Waals surface area contributed by atoms with Crippen molar-refractivity contribution in [3.05, 3.63) is 65.3 Å². The molecule has 4 nitrogen and oxygen atoms in total. The predicted molar refractivity (Wildman–Crippen MR) is 97.8 cm³/mol. The Morgan fingerprint density at radius 2 is 1.83 bits per heavy atom. The van der Waals surface area contributed by atoms with Gasteiger partial charge in [0.05, 0.1) is 0 Å². The summed E-state index contributed by atoms with van der Waals surface area (Å²) in [5.41, 5.74) is 3.35. The zero-order valence-electron chi connectivity index (χ0n) is 15.4. The summed E-state index contributed by atoms with van der Waals surface area (Å²) in [5, 5.41) is 3.07. The van der Waals surface area contributed by atoms with E-state index in [0.717, 1.165) is 17.0 Å². The molecule has 0 radical (unpaired) electrons. The highest BCUT2D eigenvalue weighted by Gasteiger charge is 2.21. The number of carbonyl (C=O) groups excluding carboxylic acids is 1. The molecule has 24 heavy (non-hydrogen) atoms. The highest BCUT2D eigenvalue weighted by atomic mass is 16.1. The van der Waals surface area contributed by atoms with Crippen molar-refractivity contribution >= 4 is 5.91 Å². The smallest absolute Gasteiger partial charge is 0.244 e. The van der Waals surface area contributed by atoms with E-state index in [9.17, 15) is 4.79 Å². The first kappa shape index (κ1) is 18.0. The van der Waals surface area contributed by atoms with Crippen LogP contribution in [0.5, 0.6) is 0 Å². The van der Waals surface area contributed by atoms with Crippen molar-refractivity contribution in [1.82, 2.24) is 14.9 Å². The maximum Gasteiger partial charge on any atom is 0.244 e. The van der Waals surface area contributed by atoms with Crippen LogP contribution in [0.2, 0.25) is 0 Å². The topological polar surface area (TPSA) is 46.9 Å². The summed E-state index contributed by atoms with van der Waals surface area (Å²) in [7, 11) is 1.94. The minimum Gasteiger partial charge on any atom is -0.339 e. The summed E-state index contributed by atoms with van der Waals surface area (Å²) in [6.07, 6.45) is 5.25. The molecule has 0 saturated heterocycles. The van der Waals surface area contributed by atoms with Crippen molar-refractivity contribution in [2.75, 3.05) is 0 Å². The lowest BCUT2D eigenvalue weighted by atomic mass is 9.86. The van der Waals surface area contributed by atoms with Crippen molar-refractivity contribution in [2.45, 2.75) is 46.1 Å². The van der Waals surface area contributed by atoms with Crippen LogP contribution in [0.4, 0.5) is 0 Å². The summed E-state index contributed by atoms with van der Waals surface area (Å²) in [6.45, 7) is 10.4. The van der Waals surface area contributed by atoms with Crippen LogP contribution in [-0.2, 0) is 17.3 Å². The van der Waals surface area contributed by atoms with Gasteiger partial charge < -0.3 is 9.88 Å². The lowest BCUT2D eigenvalue weighted by Crippen LogP contribution is -2.30. The number of nitrogens with one attached hydrogen (secondary N) is 1. The number of rotatable bonds is 4. The Morgan fingerprint density at radius 3 is 2.29 bits per heavy atom. The van der Waals surface area contributed by atoms with E-state index in [4.69, 9.17) is 0 Å². The van der Waals surface area contributed by atoms with Crippen LogP contribution in [0.3, 0.4) is 0 Å². The van der Waals surface area contributed by atoms with Crippen LogP contribution in [0, 0.1) is 0 Å². The summed E-state index contributed by atoms with van der Waals surface area (Å²) >= 11 is 0. The highest BCUT2D eigenvalue weighted by molar-refractivity contribution is 5.88. The van der Waals surface area contributed by atoms with Crippen molar-refractivity contribution in [2.24, 2.45) is 7.05 Å². The maximum absolute atomic E-state index is 12.2. The van der Waals surface area contributed by atoms with Gasteiger partial charge in [0.1, 0.15) is 11.9 Å². The molecule has 1 aromatic heterocycles. The minimum absolute atomic E-state index is 0.0998. The van der Waals surface area contributed by atoms with Crippen LogP contribution in [0.25, 0.3) is 0 Å². The Morgan fingerprint density at radius 1 is 1.21 bits per heavy atom. The predicted octanol–water partition coefficient (Wildman–Crippen LogP) is 3.89. The standard InChI is InChI=1S/C20H27N3O/c1-14(2)13-17(24)22-18(19-21-11-12-23(19)6)15-7-9-16(10-8-15)20(3,4)5/h7-13,18H,1-6H3,(H,22,24). The molecule has 2 aromatic rings. The maximum atomic E-state index is 12.2. The number of imidazole rings is 1. The van der Waals surface area contributed by atoms with E-state index in [2.05, 4.69) is 55.3 Å². The number of aromatic nitrogens is 2. The third-order valence-electron chi connectivity index (χ3n) is 3.93. The molecule has 0 aliphatic heterocycles. The Hall–Kier alpha value is -2.36. The minimum atomic E-state index is -0.276. The Kier molecular flexibility index (Phi) is 5.27. The molecule has 2 rings (SSSR count). The molecular formula is C20H27N3O. The van der Waals surface area contributed by atoms with Gasteiger partial charge in [-0.3, -0.25) is 4.79 Å². The first-order valence-electron chi connectivity index (χ1n) is 8.21. The van der Waals surface area contributed by atoms with Gasteiger partial charge in [0, 0.05) is 25.5 Å². The third-order valence-corrected chi connectivity index (χ3v) is 3.93. The van der Waals surface area contributed by atoms with E-state index >= 15 is 0 Å². The Balaban J connectivity index is 2.38. The lowest BCUT2D eigenvalue weighted by molar-refractivity contribution is -0.117. The molecule has 0 spiro atoms. The molecule has 128 valence electrons. The monoisotopic (exact) mass is 325 g/mol. The highest BCUT2D eigenvalue weighted by Crippen LogP contribution is 2.26. The number of allylic oxidation sites excluding steroid dienone is 1. The van der Waals surface area contributed by atoms with E-state index in [-0.39, 0.29) is 17.4 Å². The number of nitrogens with zero attached hydrogens (tertiary/aromatic N) is 2. The SMILES string of the molecule is CC(C)=CC(=O)NC(c1ccc(C(C)(C)C)cc1)c1nccn1C. The fraction of sp³-hybridized carbons (Fsp3) is 0.400. The molecule has 0 aliphatic rings. The van der Waals surface area contributed by atoms with Gasteiger partial charge in [0.2, 0.25) is 5.91 Å². The molecule has 1 heterocycles. The molecule has 0 saturated carbocycles. The second-order valence-corrected chi connectivity index (χ2v) is 7.43. The first-order chi connectivity index (χ1) is 11.2. The number of amides is 1. The summed E-state index contributed by atoms with van der Waals surface area (Å²) in [5.74, 6) is 0.705. The van der Waals surface area contributed by atoms with E-state index in [1.165, 1.54) is 5.56 Å². The van der Waals surface area contributed by atoms with E-state index in [1.54, 1.807) is 12.3 Å². The molecule has 1 atom stereocenters. The van der Waals surface area contributed by atoms with Crippen molar-refractivity contribution < 1.29 is 4.79 Å². The molecule has 1 N–H and O–H groups in total. The van der Waals surface area contributed by atoms with Gasteiger partial charge in [-0.2, -0.15) is 0 Å². The molecule has 1 unspecified atom stereocenters. The average molecular weight is 325 g/mol. The van der Waals surface area contributed by atoms with Gasteiger partial charge in [-0.25, -0.2) is 4.98 Å². The van der Waals surface area contributed by atoms with Crippen molar-refractivity contribution in [3.63, 3.8) is 0 Å². The van der Waals surface area contributed by atoms with Gasteiger partial charge in [0.15, 0.2) is 0 Å². The molecular weight excluding hydrogens is 298 g/mol. The molecule has 0 fully saturated rings. The van der Waals surface area contributed by atoms with Gasteiger partial charge in [-0.1, -0.05) is 50.6 Å². The second kappa shape index (κ2) is 7.04. The number of hydrogen-bond acceptors (Lipinski definition) is 2. The fourth-order valence-electron chi connectivity index (χ4n) is 2.57. The largest absolute Gasteiger partial charge is 0.339 e. The second-order valence-electron chi connectivity index (χ2n) is 7.43. The quantitative estimate of drug-likeness (QED) is 0.867. The van der Waals surface area contributed by atoms with Crippen LogP contribution < -0.4 is 5.32 Å². The van der Waals surface area contributed by atoms with Gasteiger partial charge >= 0.3 is 0 Å². The van der Waals surface area contributed by atoms with Crippen LogP contribution >= 0.6 is 0 Å². The van der Waals surface area contributed by atoms with Crippen molar-refractivity contribution in [1.29, 1.82) is 0 Å². The Labute approximate surface area is 144 Å². The third kappa shape index (κ3) is 4.34. The molecule has 1 aromatic carbocycles. The number of aryl methyl sites for hydroxylation is 1. The molecule has 4 heteroatoms. The van der Waals surface area contributed by atoms with Crippen molar-refractivity contribution in [3.8, 4) is 0 Å². The van der Waals surface area contributed by atoms with Crippen LogP contribution in [-0.4, -0.2) is 15.5 Å². The average Bonchev–Trinajstić information content (AvgIpc) is 2.89. The normalized spacial score (nSPS) is 12.6. The van der Waals surface area contributed by atoms with Crippen LogP contribution in [0.15, 0.2) is 48.3 Å². The zero-order chi connectivity index (χ0) is 17.9. The van der Waals surface area contributed by atoms with Gasteiger partial charge in [0.25, 0.3) is 0 Å².